The summed E-state index contributed by atoms with van der Waals surface area (Å²) in [6.45, 7) is 0.231. The Balaban J connectivity index is 1.74. The molecule has 2 N–H and O–H groups in total. The summed E-state index contributed by atoms with van der Waals surface area (Å²) in [5, 5.41) is 12.9. The third kappa shape index (κ3) is 4.37. The van der Waals surface area contributed by atoms with Gasteiger partial charge in [-0.2, -0.15) is 0 Å². The maximum atomic E-state index is 12.4. The van der Waals surface area contributed by atoms with Crippen molar-refractivity contribution in [2.45, 2.75) is 25.8 Å². The molecule has 142 valence electrons. The Morgan fingerprint density at radius 3 is 2.52 bits per heavy atom. The number of halogens is 2. The highest BCUT2D eigenvalue weighted by Crippen LogP contribution is 2.48. The molecule has 5 nitrogen and oxygen atoms in total. The molecule has 0 radical (unpaired) electrons. The van der Waals surface area contributed by atoms with Gasteiger partial charge in [-0.25, -0.2) is 0 Å². The Hall–Kier alpha value is -2.24. The van der Waals surface area contributed by atoms with Crippen LogP contribution in [0.1, 0.15) is 34.3 Å². The molecule has 27 heavy (non-hydrogen) atoms. The van der Waals surface area contributed by atoms with Gasteiger partial charge in [-0.3, -0.25) is 9.59 Å². The van der Waals surface area contributed by atoms with E-state index in [1.54, 1.807) is 25.3 Å². The summed E-state index contributed by atoms with van der Waals surface area (Å²) in [5.74, 6) is -0.458. The van der Waals surface area contributed by atoms with Crippen LogP contribution in [0.2, 0.25) is 10.0 Å². The number of carboxylic acids is 1. The molecular weight excluding hydrogens is 389 g/mol. The second-order valence-electron chi connectivity index (χ2n) is 6.72. The molecule has 1 saturated carbocycles. The van der Waals surface area contributed by atoms with Gasteiger partial charge in [-0.05, 0) is 49.1 Å². The van der Waals surface area contributed by atoms with Gasteiger partial charge in [0.2, 0.25) is 0 Å². The van der Waals surface area contributed by atoms with Gasteiger partial charge in [0, 0.05) is 17.1 Å². The Bertz CT molecular complexity index is 894. The van der Waals surface area contributed by atoms with Crippen molar-refractivity contribution in [2.75, 3.05) is 7.11 Å². The van der Waals surface area contributed by atoms with Crippen LogP contribution < -0.4 is 10.1 Å². The minimum Gasteiger partial charge on any atom is -0.496 e. The predicted octanol–water partition coefficient (Wildman–Crippen LogP) is 4.34. The maximum Gasteiger partial charge on any atom is 0.309 e. The monoisotopic (exact) mass is 407 g/mol. The number of nitrogens with one attached hydrogen (secondary N) is 1. The Morgan fingerprint density at radius 1 is 1.19 bits per heavy atom. The Morgan fingerprint density at radius 2 is 1.93 bits per heavy atom. The first-order valence-corrected chi connectivity index (χ1v) is 9.23. The van der Waals surface area contributed by atoms with E-state index in [1.807, 2.05) is 12.1 Å². The zero-order chi connectivity index (χ0) is 19.6. The summed E-state index contributed by atoms with van der Waals surface area (Å²) in [6, 6.07) is 10.2. The van der Waals surface area contributed by atoms with E-state index < -0.39 is 11.4 Å². The van der Waals surface area contributed by atoms with Gasteiger partial charge in [0.15, 0.2) is 0 Å². The number of aliphatic carboxylic acids is 1. The number of benzene rings is 2. The third-order valence-corrected chi connectivity index (χ3v) is 5.36. The number of methoxy groups -OCH3 is 1. The van der Waals surface area contributed by atoms with E-state index in [0.29, 0.717) is 35.6 Å². The fourth-order valence-corrected chi connectivity index (χ4v) is 3.53. The second kappa shape index (κ2) is 7.79. The quantitative estimate of drug-likeness (QED) is 0.715. The molecule has 0 atom stereocenters. The van der Waals surface area contributed by atoms with Crippen LogP contribution in [0.3, 0.4) is 0 Å². The van der Waals surface area contributed by atoms with Crippen molar-refractivity contribution in [3.05, 3.63) is 63.1 Å². The molecule has 1 aliphatic carbocycles. The molecule has 1 amide bonds. The lowest BCUT2D eigenvalue weighted by atomic mass is 9.95. The molecule has 7 heteroatoms. The van der Waals surface area contributed by atoms with Gasteiger partial charge in [0.1, 0.15) is 5.75 Å². The van der Waals surface area contributed by atoms with Gasteiger partial charge in [0.25, 0.3) is 5.91 Å². The van der Waals surface area contributed by atoms with E-state index >= 15 is 0 Å². The molecule has 0 aliphatic heterocycles. The summed E-state index contributed by atoms with van der Waals surface area (Å²) in [7, 11) is 1.55. The van der Waals surface area contributed by atoms with Crippen LogP contribution in [0.5, 0.6) is 5.75 Å². The largest absolute Gasteiger partial charge is 0.496 e. The van der Waals surface area contributed by atoms with E-state index in [0.717, 1.165) is 11.1 Å². The summed E-state index contributed by atoms with van der Waals surface area (Å²) in [5.41, 5.74) is 1.37. The molecule has 1 fully saturated rings. The van der Waals surface area contributed by atoms with Crippen LogP contribution in [0.25, 0.3) is 0 Å². The number of ether oxygens (including phenoxy) is 1. The smallest absolute Gasteiger partial charge is 0.309 e. The normalized spacial score (nSPS) is 14.5. The molecule has 2 aromatic rings. The van der Waals surface area contributed by atoms with E-state index in [9.17, 15) is 14.7 Å². The molecule has 0 bridgehead atoms. The number of amides is 1. The Kier molecular flexibility index (Phi) is 5.63. The minimum absolute atomic E-state index is 0.231. The first-order chi connectivity index (χ1) is 12.8. The van der Waals surface area contributed by atoms with Crippen molar-refractivity contribution in [1.82, 2.24) is 5.32 Å². The van der Waals surface area contributed by atoms with E-state index in [4.69, 9.17) is 27.9 Å². The average Bonchev–Trinajstić information content (AvgIpc) is 3.41. The summed E-state index contributed by atoms with van der Waals surface area (Å²) in [4.78, 5) is 23.8. The molecule has 0 aromatic heterocycles. The third-order valence-electron chi connectivity index (χ3n) is 4.81. The summed E-state index contributed by atoms with van der Waals surface area (Å²) in [6.07, 6.45) is 1.85. The van der Waals surface area contributed by atoms with Crippen molar-refractivity contribution in [2.24, 2.45) is 5.41 Å². The molecule has 0 unspecified atom stereocenters. The highest BCUT2D eigenvalue weighted by molar-refractivity contribution is 6.36. The minimum atomic E-state index is -0.759. The molecule has 0 spiro atoms. The highest BCUT2D eigenvalue weighted by atomic mass is 35.5. The van der Waals surface area contributed by atoms with Crippen molar-refractivity contribution < 1.29 is 19.4 Å². The van der Waals surface area contributed by atoms with E-state index in [1.165, 1.54) is 6.07 Å². The van der Waals surface area contributed by atoms with Gasteiger partial charge in [-0.15, -0.1) is 0 Å². The predicted molar refractivity (Wildman–Crippen MR) is 104 cm³/mol. The maximum absolute atomic E-state index is 12.4. The second-order valence-corrected chi connectivity index (χ2v) is 7.56. The molecular formula is C20H19Cl2NO4. The van der Waals surface area contributed by atoms with Crippen LogP contribution in [0, 0.1) is 5.41 Å². The van der Waals surface area contributed by atoms with Crippen LogP contribution in [0.4, 0.5) is 0 Å². The number of carbonyl (C=O) groups is 2. The van der Waals surface area contributed by atoms with Crippen molar-refractivity contribution in [3.8, 4) is 5.75 Å². The topological polar surface area (TPSA) is 75.6 Å². The molecule has 1 aliphatic rings. The zero-order valence-electron chi connectivity index (χ0n) is 14.7. The van der Waals surface area contributed by atoms with Gasteiger partial charge in [-0.1, -0.05) is 35.3 Å². The van der Waals surface area contributed by atoms with Crippen molar-refractivity contribution in [1.29, 1.82) is 0 Å². The summed E-state index contributed by atoms with van der Waals surface area (Å²) < 4.78 is 5.36. The summed E-state index contributed by atoms with van der Waals surface area (Å²) >= 11 is 11.9. The number of carbonyl (C=O) groups excluding carboxylic acids is 1. The van der Waals surface area contributed by atoms with E-state index in [2.05, 4.69) is 5.32 Å². The number of hydrogen-bond donors (Lipinski definition) is 2. The van der Waals surface area contributed by atoms with Crippen LogP contribution in [-0.2, 0) is 17.8 Å². The van der Waals surface area contributed by atoms with Crippen molar-refractivity contribution >= 4 is 35.1 Å². The zero-order valence-corrected chi connectivity index (χ0v) is 16.2. The molecule has 3 rings (SSSR count). The number of carboxylic acid groups (broad SMARTS) is 1. The lowest BCUT2D eigenvalue weighted by Crippen LogP contribution is -2.23. The first kappa shape index (κ1) is 19.5. The van der Waals surface area contributed by atoms with Crippen LogP contribution in [0.15, 0.2) is 36.4 Å². The van der Waals surface area contributed by atoms with Crippen LogP contribution >= 0.6 is 23.2 Å². The van der Waals surface area contributed by atoms with Crippen LogP contribution in [-0.4, -0.2) is 24.1 Å². The number of rotatable bonds is 7. The Labute approximate surface area is 167 Å². The van der Waals surface area contributed by atoms with Gasteiger partial charge < -0.3 is 15.2 Å². The highest BCUT2D eigenvalue weighted by Gasteiger charge is 2.49. The van der Waals surface area contributed by atoms with Crippen molar-refractivity contribution in [3.63, 3.8) is 0 Å². The molecule has 0 heterocycles. The fourth-order valence-electron chi connectivity index (χ4n) is 3.03. The lowest BCUT2D eigenvalue weighted by molar-refractivity contribution is -0.143. The average molecular weight is 408 g/mol. The number of hydrogen-bond acceptors (Lipinski definition) is 3. The lowest BCUT2D eigenvalue weighted by Gasteiger charge is -2.14. The standard InChI is InChI=1S/C20H19Cl2NO4/c1-27-17-5-2-12(10-20(6-7-20)19(25)26)8-13(17)11-23-18(24)15-4-3-14(21)9-16(15)22/h2-5,8-9H,6-7,10-11H2,1H3,(H,23,24)(H,25,26). The first-order valence-electron chi connectivity index (χ1n) is 8.47. The van der Waals surface area contributed by atoms with E-state index in [-0.39, 0.29) is 17.5 Å². The fraction of sp³-hybridized carbons (Fsp3) is 0.300. The molecule has 0 saturated heterocycles. The van der Waals surface area contributed by atoms with Gasteiger partial charge >= 0.3 is 5.97 Å². The molecule has 2 aromatic carbocycles. The SMILES string of the molecule is COc1ccc(CC2(C(=O)O)CC2)cc1CNC(=O)c1ccc(Cl)cc1Cl. The van der Waals surface area contributed by atoms with Gasteiger partial charge in [0.05, 0.1) is 23.1 Å².